The smallest absolute Gasteiger partial charge is 0.339 e. The van der Waals surface area contributed by atoms with Gasteiger partial charge in [-0.05, 0) is 36.8 Å². The molecule has 0 atom stereocenters. The lowest BCUT2D eigenvalue weighted by Crippen LogP contribution is -2.18. The van der Waals surface area contributed by atoms with Gasteiger partial charge in [0.1, 0.15) is 0 Å². The lowest BCUT2D eigenvalue weighted by Gasteiger charge is -2.19. The molecule has 26 heavy (non-hydrogen) atoms. The first-order chi connectivity index (χ1) is 12.7. The van der Waals surface area contributed by atoms with Gasteiger partial charge in [-0.1, -0.05) is 41.6 Å². The third-order valence-corrected chi connectivity index (χ3v) is 5.33. The highest BCUT2D eigenvalue weighted by Crippen LogP contribution is 2.38. The number of allylic oxidation sites excluding steroid dienone is 1. The molecule has 134 valence electrons. The molecule has 4 rings (SSSR count). The number of hydrogen-bond acceptors (Lipinski definition) is 4. The molecule has 1 aromatic carbocycles. The first-order valence-electron chi connectivity index (χ1n) is 9.03. The van der Waals surface area contributed by atoms with Gasteiger partial charge in [0.25, 0.3) is 0 Å². The summed E-state index contributed by atoms with van der Waals surface area (Å²) >= 11 is 0. The van der Waals surface area contributed by atoms with Crippen molar-refractivity contribution < 1.29 is 14.7 Å². The molecule has 2 aliphatic carbocycles. The number of esters is 1. The number of ether oxygens (including phenoxy) is 1. The van der Waals surface area contributed by atoms with E-state index in [1.165, 1.54) is 23.9 Å². The van der Waals surface area contributed by atoms with Gasteiger partial charge < -0.3 is 14.5 Å². The number of hydrogen-bond donors (Lipinski definition) is 1. The number of methoxy groups -OCH3 is 1. The van der Waals surface area contributed by atoms with Crippen LogP contribution in [0.5, 0.6) is 0 Å². The van der Waals surface area contributed by atoms with E-state index in [1.54, 1.807) is 0 Å². The average molecular weight is 350 g/mol. The quantitative estimate of drug-likeness (QED) is 0.523. The molecule has 0 saturated carbocycles. The van der Waals surface area contributed by atoms with Crippen LogP contribution in [0.3, 0.4) is 0 Å². The fourth-order valence-electron chi connectivity index (χ4n) is 4.18. The van der Waals surface area contributed by atoms with Crippen LogP contribution < -0.4 is 0 Å². The molecule has 2 aromatic rings. The van der Waals surface area contributed by atoms with Crippen LogP contribution in [-0.4, -0.2) is 28.6 Å². The van der Waals surface area contributed by atoms with Gasteiger partial charge in [0, 0.05) is 24.2 Å². The highest BCUT2D eigenvalue weighted by Gasteiger charge is 2.34. The zero-order chi connectivity index (χ0) is 18.1. The number of carbonyl (C=O) groups excluding carboxylic acids is 1. The molecule has 0 fully saturated rings. The van der Waals surface area contributed by atoms with Gasteiger partial charge in [0.05, 0.1) is 24.1 Å². The number of benzene rings is 1. The van der Waals surface area contributed by atoms with E-state index < -0.39 is 0 Å². The molecule has 0 radical (unpaired) electrons. The van der Waals surface area contributed by atoms with E-state index >= 15 is 0 Å². The lowest BCUT2D eigenvalue weighted by molar-refractivity contribution is -0.133. The number of rotatable bonds is 3. The van der Waals surface area contributed by atoms with Gasteiger partial charge in [-0.3, -0.25) is 0 Å². The fourth-order valence-corrected chi connectivity index (χ4v) is 4.18. The molecule has 0 unspecified atom stereocenters. The molecule has 0 spiro atoms. The van der Waals surface area contributed by atoms with Crippen LogP contribution in [0.1, 0.15) is 47.3 Å². The van der Waals surface area contributed by atoms with Gasteiger partial charge in [-0.2, -0.15) is 0 Å². The predicted molar refractivity (Wildman–Crippen MR) is 99.6 cm³/mol. The molecule has 0 saturated heterocycles. The van der Waals surface area contributed by atoms with E-state index in [9.17, 15) is 10.0 Å². The van der Waals surface area contributed by atoms with E-state index in [0.717, 1.165) is 36.9 Å². The highest BCUT2D eigenvalue weighted by atomic mass is 16.5. The summed E-state index contributed by atoms with van der Waals surface area (Å²) in [6, 6.07) is 10.2. The van der Waals surface area contributed by atoms with Crippen LogP contribution in [0.4, 0.5) is 0 Å². The van der Waals surface area contributed by atoms with Crippen LogP contribution in [0, 0.1) is 0 Å². The van der Waals surface area contributed by atoms with Crippen molar-refractivity contribution in [3.05, 3.63) is 64.5 Å². The Morgan fingerprint density at radius 3 is 2.73 bits per heavy atom. The second-order valence-electron chi connectivity index (χ2n) is 6.79. The Balaban J connectivity index is 1.95. The van der Waals surface area contributed by atoms with Crippen molar-refractivity contribution in [1.82, 2.24) is 4.57 Å². The van der Waals surface area contributed by atoms with Crippen molar-refractivity contribution in [1.29, 1.82) is 0 Å². The average Bonchev–Trinajstić information content (AvgIpc) is 3.02. The Labute approximate surface area is 152 Å². The number of aromatic nitrogens is 1. The first kappa shape index (κ1) is 16.6. The second kappa shape index (κ2) is 6.83. The molecule has 2 aliphatic rings. The molecule has 5 nitrogen and oxygen atoms in total. The number of carbonyl (C=O) groups is 1. The SMILES string of the molecule is COC(=O)C1=CCC(=NO)c2c3c(n(Cc4ccccc4)c21)CCCC3. The Hall–Kier alpha value is -2.82. The molecule has 1 N–H and O–H groups in total. The maximum atomic E-state index is 12.4. The van der Waals surface area contributed by atoms with Crippen LogP contribution in [0.25, 0.3) is 5.57 Å². The summed E-state index contributed by atoms with van der Waals surface area (Å²) in [4.78, 5) is 12.4. The van der Waals surface area contributed by atoms with E-state index in [2.05, 4.69) is 21.9 Å². The molecule has 0 aliphatic heterocycles. The minimum Gasteiger partial charge on any atom is -0.465 e. The maximum absolute atomic E-state index is 12.4. The van der Waals surface area contributed by atoms with Crippen molar-refractivity contribution >= 4 is 17.3 Å². The van der Waals surface area contributed by atoms with E-state index in [0.29, 0.717) is 24.3 Å². The van der Waals surface area contributed by atoms with Gasteiger partial charge in [-0.15, -0.1) is 0 Å². The molecular formula is C21H22N2O3. The third-order valence-electron chi connectivity index (χ3n) is 5.33. The van der Waals surface area contributed by atoms with Crippen molar-refractivity contribution in [3.8, 4) is 0 Å². The molecule has 0 amide bonds. The zero-order valence-electron chi connectivity index (χ0n) is 14.9. The number of fused-ring (bicyclic) bond motifs is 3. The number of oxime groups is 1. The van der Waals surface area contributed by atoms with Gasteiger partial charge in [0.2, 0.25) is 0 Å². The minimum absolute atomic E-state index is 0.340. The number of nitrogens with zero attached hydrogens (tertiary/aromatic N) is 2. The summed E-state index contributed by atoms with van der Waals surface area (Å²) in [6.45, 7) is 0.686. The Morgan fingerprint density at radius 1 is 1.23 bits per heavy atom. The first-order valence-corrected chi connectivity index (χ1v) is 9.03. The molecule has 5 heteroatoms. The summed E-state index contributed by atoms with van der Waals surface area (Å²) in [5.41, 5.74) is 6.63. The zero-order valence-corrected chi connectivity index (χ0v) is 14.9. The normalized spacial score (nSPS) is 17.4. The minimum atomic E-state index is -0.340. The van der Waals surface area contributed by atoms with E-state index in [-0.39, 0.29) is 5.97 Å². The van der Waals surface area contributed by atoms with Gasteiger partial charge >= 0.3 is 5.97 Å². The Morgan fingerprint density at radius 2 is 2.00 bits per heavy atom. The highest BCUT2D eigenvalue weighted by molar-refractivity contribution is 6.23. The van der Waals surface area contributed by atoms with Crippen molar-refractivity contribution in [3.63, 3.8) is 0 Å². The second-order valence-corrected chi connectivity index (χ2v) is 6.79. The van der Waals surface area contributed by atoms with Gasteiger partial charge in [-0.25, -0.2) is 4.79 Å². The monoisotopic (exact) mass is 350 g/mol. The van der Waals surface area contributed by atoms with Crippen LogP contribution in [0.15, 0.2) is 41.6 Å². The van der Waals surface area contributed by atoms with Crippen LogP contribution in [0.2, 0.25) is 0 Å². The summed E-state index contributed by atoms with van der Waals surface area (Å²) in [6.07, 6.45) is 6.43. The third kappa shape index (κ3) is 2.64. The summed E-state index contributed by atoms with van der Waals surface area (Å²) in [7, 11) is 1.41. The van der Waals surface area contributed by atoms with Crippen LogP contribution in [-0.2, 0) is 28.9 Å². The predicted octanol–water partition coefficient (Wildman–Crippen LogP) is 3.55. The fraction of sp³-hybridized carbons (Fsp3) is 0.333. The lowest BCUT2D eigenvalue weighted by atomic mass is 9.88. The van der Waals surface area contributed by atoms with E-state index in [4.69, 9.17) is 4.74 Å². The largest absolute Gasteiger partial charge is 0.465 e. The Kier molecular flexibility index (Phi) is 4.37. The molecular weight excluding hydrogens is 328 g/mol. The summed E-state index contributed by atoms with van der Waals surface area (Å²) in [5.74, 6) is -0.340. The summed E-state index contributed by atoms with van der Waals surface area (Å²) < 4.78 is 7.26. The summed E-state index contributed by atoms with van der Waals surface area (Å²) in [5, 5.41) is 13.1. The maximum Gasteiger partial charge on any atom is 0.339 e. The van der Waals surface area contributed by atoms with Crippen molar-refractivity contribution in [2.45, 2.75) is 38.6 Å². The van der Waals surface area contributed by atoms with Crippen LogP contribution >= 0.6 is 0 Å². The van der Waals surface area contributed by atoms with E-state index in [1.807, 2.05) is 24.3 Å². The standard InChI is InChI=1S/C21H22N2O3/c1-26-21(24)16-11-12-17(22-25)19-15-9-5-6-10-18(15)23(20(16)19)13-14-7-3-2-4-8-14/h2-4,7-8,11,25H,5-6,9-10,12-13H2,1H3. The van der Waals surface area contributed by atoms with Gasteiger partial charge in [0.15, 0.2) is 0 Å². The molecule has 0 bridgehead atoms. The molecule has 1 aromatic heterocycles. The van der Waals surface area contributed by atoms with Crippen molar-refractivity contribution in [2.75, 3.05) is 7.11 Å². The van der Waals surface area contributed by atoms with Crippen molar-refractivity contribution in [2.24, 2.45) is 5.16 Å². The molecule has 1 heterocycles. The topological polar surface area (TPSA) is 63.8 Å². The Bertz CT molecular complexity index is 907.